The number of ether oxygens (including phenoxy) is 1. The van der Waals surface area contributed by atoms with Crippen LogP contribution in [0.15, 0.2) is 34.7 Å². The number of hydrogen-bond acceptors (Lipinski definition) is 4. The minimum atomic E-state index is 0.740. The van der Waals surface area contributed by atoms with E-state index in [2.05, 4.69) is 10.2 Å². The van der Waals surface area contributed by atoms with Crippen molar-refractivity contribution in [2.24, 2.45) is 0 Å². The van der Waals surface area contributed by atoms with Crippen LogP contribution in [-0.2, 0) is 11.3 Å². The zero-order valence-corrected chi connectivity index (χ0v) is 14.2. The highest BCUT2D eigenvalue weighted by Crippen LogP contribution is 2.26. The van der Waals surface area contributed by atoms with Crippen LogP contribution in [0.3, 0.4) is 0 Å². The van der Waals surface area contributed by atoms with Crippen molar-refractivity contribution in [2.75, 3.05) is 39.4 Å². The van der Waals surface area contributed by atoms with Crippen LogP contribution < -0.4 is 5.32 Å². The average Bonchev–Trinajstić information content (AvgIpc) is 3.04. The molecule has 124 valence electrons. The lowest BCUT2D eigenvalue weighted by Crippen LogP contribution is -2.40. The van der Waals surface area contributed by atoms with Crippen molar-refractivity contribution in [2.45, 2.75) is 13.5 Å². The van der Waals surface area contributed by atoms with Gasteiger partial charge in [-0.2, -0.15) is 0 Å². The molecule has 1 aliphatic heterocycles. The monoisotopic (exact) mass is 334 g/mol. The Morgan fingerprint density at radius 2 is 2.00 bits per heavy atom. The van der Waals surface area contributed by atoms with Gasteiger partial charge >= 0.3 is 0 Å². The number of benzene rings is 1. The third-order valence-electron chi connectivity index (χ3n) is 4.13. The van der Waals surface area contributed by atoms with E-state index in [4.69, 9.17) is 20.8 Å². The van der Waals surface area contributed by atoms with Crippen LogP contribution in [0.4, 0.5) is 0 Å². The zero-order valence-electron chi connectivity index (χ0n) is 13.5. The van der Waals surface area contributed by atoms with E-state index in [9.17, 15) is 0 Å². The third kappa shape index (κ3) is 4.58. The summed E-state index contributed by atoms with van der Waals surface area (Å²) in [6.45, 7) is 8.49. The second kappa shape index (κ2) is 7.97. The highest BCUT2D eigenvalue weighted by molar-refractivity contribution is 6.31. The van der Waals surface area contributed by atoms with Crippen LogP contribution in [0.25, 0.3) is 11.3 Å². The van der Waals surface area contributed by atoms with E-state index in [0.29, 0.717) is 0 Å². The topological polar surface area (TPSA) is 37.6 Å². The number of nitrogens with one attached hydrogen (secondary N) is 1. The minimum absolute atomic E-state index is 0.740. The molecular weight excluding hydrogens is 312 g/mol. The molecule has 0 aliphatic carbocycles. The summed E-state index contributed by atoms with van der Waals surface area (Å²) >= 11 is 6.18. The Morgan fingerprint density at radius 3 is 2.78 bits per heavy atom. The van der Waals surface area contributed by atoms with Crippen LogP contribution in [0, 0.1) is 6.92 Å². The fourth-order valence-corrected chi connectivity index (χ4v) is 2.83. The first-order chi connectivity index (χ1) is 11.2. The maximum absolute atomic E-state index is 6.18. The molecule has 3 rings (SSSR count). The number of hydrogen-bond donors (Lipinski definition) is 1. The summed E-state index contributed by atoms with van der Waals surface area (Å²) in [5.74, 6) is 1.80. The van der Waals surface area contributed by atoms with Gasteiger partial charge in [0.25, 0.3) is 0 Å². The summed E-state index contributed by atoms with van der Waals surface area (Å²) in [5, 5.41) is 4.20. The lowest BCUT2D eigenvalue weighted by molar-refractivity contribution is 0.0383. The van der Waals surface area contributed by atoms with Crippen LogP contribution in [0.1, 0.15) is 11.3 Å². The van der Waals surface area contributed by atoms with Gasteiger partial charge in [0.05, 0.1) is 19.8 Å². The van der Waals surface area contributed by atoms with Gasteiger partial charge in [-0.05, 0) is 30.7 Å². The van der Waals surface area contributed by atoms with Gasteiger partial charge in [-0.1, -0.05) is 23.7 Å². The van der Waals surface area contributed by atoms with E-state index in [-0.39, 0.29) is 0 Å². The Balaban J connectivity index is 1.48. The van der Waals surface area contributed by atoms with E-state index >= 15 is 0 Å². The first kappa shape index (κ1) is 16.5. The summed E-state index contributed by atoms with van der Waals surface area (Å²) in [7, 11) is 0. The van der Waals surface area contributed by atoms with Crippen molar-refractivity contribution in [1.29, 1.82) is 0 Å². The second-order valence-corrected chi connectivity index (χ2v) is 6.27. The van der Waals surface area contributed by atoms with E-state index in [1.54, 1.807) is 0 Å². The molecule has 0 bridgehead atoms. The molecule has 1 fully saturated rings. The number of nitrogens with zero attached hydrogens (tertiary/aromatic N) is 1. The number of furan rings is 1. The smallest absolute Gasteiger partial charge is 0.134 e. The second-order valence-electron chi connectivity index (χ2n) is 5.86. The molecule has 1 N–H and O–H groups in total. The predicted molar refractivity (Wildman–Crippen MR) is 92.9 cm³/mol. The van der Waals surface area contributed by atoms with E-state index in [1.807, 2.05) is 37.3 Å². The third-order valence-corrected chi connectivity index (χ3v) is 4.53. The van der Waals surface area contributed by atoms with Crippen molar-refractivity contribution < 1.29 is 9.15 Å². The normalized spacial score (nSPS) is 15.9. The van der Waals surface area contributed by atoms with Crippen LogP contribution in [0.2, 0.25) is 5.02 Å². The van der Waals surface area contributed by atoms with Gasteiger partial charge in [0.1, 0.15) is 11.5 Å². The molecule has 0 spiro atoms. The molecule has 0 atom stereocenters. The Bertz CT molecular complexity index is 636. The van der Waals surface area contributed by atoms with E-state index < -0.39 is 0 Å². The van der Waals surface area contributed by atoms with Crippen molar-refractivity contribution in [3.8, 4) is 11.3 Å². The molecule has 5 heteroatoms. The van der Waals surface area contributed by atoms with Gasteiger partial charge in [-0.3, -0.25) is 4.90 Å². The summed E-state index contributed by atoms with van der Waals surface area (Å²) in [6, 6.07) is 10.0. The van der Waals surface area contributed by atoms with Gasteiger partial charge in [-0.25, -0.2) is 0 Å². The summed E-state index contributed by atoms with van der Waals surface area (Å²) < 4.78 is 11.3. The highest BCUT2D eigenvalue weighted by Gasteiger charge is 2.10. The lowest BCUT2D eigenvalue weighted by Gasteiger charge is -2.26. The molecule has 0 saturated carbocycles. The molecule has 23 heavy (non-hydrogen) atoms. The predicted octanol–water partition coefficient (Wildman–Crippen LogP) is 3.33. The van der Waals surface area contributed by atoms with Gasteiger partial charge in [0.15, 0.2) is 0 Å². The van der Waals surface area contributed by atoms with E-state index in [0.717, 1.165) is 73.6 Å². The van der Waals surface area contributed by atoms with Crippen molar-refractivity contribution in [1.82, 2.24) is 10.2 Å². The molecule has 2 aromatic rings. The lowest BCUT2D eigenvalue weighted by atomic mass is 10.1. The molecule has 0 unspecified atom stereocenters. The number of aryl methyl sites for hydroxylation is 1. The fourth-order valence-electron chi connectivity index (χ4n) is 2.65. The fraction of sp³-hybridized carbons (Fsp3) is 0.444. The Hall–Kier alpha value is -1.33. The summed E-state index contributed by atoms with van der Waals surface area (Å²) in [5.41, 5.74) is 2.09. The molecule has 0 radical (unpaired) electrons. The van der Waals surface area contributed by atoms with Crippen molar-refractivity contribution >= 4 is 11.6 Å². The quantitative estimate of drug-likeness (QED) is 0.822. The zero-order chi connectivity index (χ0) is 16.1. The summed E-state index contributed by atoms with van der Waals surface area (Å²) in [6.07, 6.45) is 0. The first-order valence-corrected chi connectivity index (χ1v) is 8.46. The molecular formula is C18H23ClN2O2. The highest BCUT2D eigenvalue weighted by atomic mass is 35.5. The first-order valence-electron chi connectivity index (χ1n) is 8.08. The van der Waals surface area contributed by atoms with Crippen LogP contribution in [-0.4, -0.2) is 44.3 Å². The number of morpholine rings is 1. The van der Waals surface area contributed by atoms with Gasteiger partial charge in [0.2, 0.25) is 0 Å². The van der Waals surface area contributed by atoms with Gasteiger partial charge < -0.3 is 14.5 Å². The molecule has 1 aromatic heterocycles. The number of halogens is 1. The molecule has 1 aromatic carbocycles. The SMILES string of the molecule is Cc1ccc(-c2ccc(CNCCN3CCOCC3)o2)cc1Cl. The maximum atomic E-state index is 6.18. The Labute approximate surface area is 142 Å². The maximum Gasteiger partial charge on any atom is 0.134 e. The molecule has 2 heterocycles. The largest absolute Gasteiger partial charge is 0.460 e. The van der Waals surface area contributed by atoms with Crippen molar-refractivity contribution in [3.63, 3.8) is 0 Å². The van der Waals surface area contributed by atoms with Gasteiger partial charge in [0, 0.05) is 36.8 Å². The molecule has 1 aliphatic rings. The van der Waals surface area contributed by atoms with Crippen LogP contribution in [0.5, 0.6) is 0 Å². The Kier molecular flexibility index (Phi) is 5.73. The van der Waals surface area contributed by atoms with Crippen molar-refractivity contribution in [3.05, 3.63) is 46.7 Å². The van der Waals surface area contributed by atoms with Crippen LogP contribution >= 0.6 is 11.6 Å². The van der Waals surface area contributed by atoms with E-state index in [1.165, 1.54) is 0 Å². The molecule has 0 amide bonds. The Morgan fingerprint density at radius 1 is 1.17 bits per heavy atom. The molecule has 1 saturated heterocycles. The standard InChI is InChI=1S/C18H23ClN2O2/c1-14-2-3-15(12-17(14)19)18-5-4-16(23-18)13-20-6-7-21-8-10-22-11-9-21/h2-5,12,20H,6-11,13H2,1H3. The van der Waals surface area contributed by atoms with Gasteiger partial charge in [-0.15, -0.1) is 0 Å². The molecule has 4 nitrogen and oxygen atoms in total. The average molecular weight is 335 g/mol. The number of rotatable bonds is 6. The minimum Gasteiger partial charge on any atom is -0.460 e. The summed E-state index contributed by atoms with van der Waals surface area (Å²) in [4.78, 5) is 2.42.